The van der Waals surface area contributed by atoms with E-state index in [0.29, 0.717) is 5.69 Å². The number of benzene rings is 3. The Balaban J connectivity index is 1.74. The Morgan fingerprint density at radius 1 is 0.920 bits per heavy atom. The molecule has 0 saturated carbocycles. The van der Waals surface area contributed by atoms with Crippen LogP contribution in [0.1, 0.15) is 5.56 Å². The van der Waals surface area contributed by atoms with E-state index in [1.807, 2.05) is 84.9 Å². The zero-order chi connectivity index (χ0) is 17.5. The van der Waals surface area contributed by atoms with Crippen LogP contribution < -0.4 is 5.32 Å². The third kappa shape index (κ3) is 4.21. The number of nitrogens with one attached hydrogen (secondary N) is 1. The molecule has 25 heavy (non-hydrogen) atoms. The quantitative estimate of drug-likeness (QED) is 0.420. The highest BCUT2D eigenvalue weighted by atomic mass is 16.1. The third-order valence-corrected chi connectivity index (χ3v) is 3.72. The van der Waals surface area contributed by atoms with Gasteiger partial charge in [0.05, 0.1) is 0 Å². The Morgan fingerprint density at radius 2 is 1.64 bits per heavy atom. The zero-order valence-electron chi connectivity index (χ0n) is 13.5. The minimum absolute atomic E-state index is 0.0559. The van der Waals surface area contributed by atoms with E-state index in [2.05, 4.69) is 5.32 Å². The predicted molar refractivity (Wildman–Crippen MR) is 102 cm³/mol. The van der Waals surface area contributed by atoms with E-state index in [4.69, 9.17) is 0 Å². The van der Waals surface area contributed by atoms with E-state index >= 15 is 0 Å². The van der Waals surface area contributed by atoms with Gasteiger partial charge in [0.2, 0.25) is 0 Å². The monoisotopic (exact) mass is 324 g/mol. The van der Waals surface area contributed by atoms with Gasteiger partial charge >= 0.3 is 0 Å². The average Bonchev–Trinajstić information content (AvgIpc) is 2.66. The highest BCUT2D eigenvalue weighted by molar-refractivity contribution is 6.07. The first-order valence-corrected chi connectivity index (χ1v) is 7.90. The van der Waals surface area contributed by atoms with E-state index in [9.17, 15) is 10.1 Å². The summed E-state index contributed by atoms with van der Waals surface area (Å²) in [7, 11) is 0. The Morgan fingerprint density at radius 3 is 2.40 bits per heavy atom. The Labute approximate surface area is 146 Å². The summed E-state index contributed by atoms with van der Waals surface area (Å²) in [6, 6.07) is 25.2. The Hall–Kier alpha value is -3.64. The SMILES string of the molecule is N#CC(=CC=Cc1ccccc1)C(=O)Nc1ccc2ccccc2c1. The summed E-state index contributed by atoms with van der Waals surface area (Å²) in [6.45, 7) is 0. The number of carbonyl (C=O) groups excluding carboxylic acids is 1. The molecule has 0 atom stereocenters. The van der Waals surface area contributed by atoms with Gasteiger partial charge in [-0.3, -0.25) is 4.79 Å². The van der Waals surface area contributed by atoms with Crippen molar-refractivity contribution >= 4 is 28.4 Å². The van der Waals surface area contributed by atoms with Gasteiger partial charge < -0.3 is 5.32 Å². The second-order valence-corrected chi connectivity index (χ2v) is 5.48. The zero-order valence-corrected chi connectivity index (χ0v) is 13.5. The van der Waals surface area contributed by atoms with Gasteiger partial charge in [-0.1, -0.05) is 72.8 Å². The number of amides is 1. The molecule has 0 radical (unpaired) electrons. The second kappa shape index (κ2) is 7.76. The van der Waals surface area contributed by atoms with Crippen LogP contribution in [0.2, 0.25) is 0 Å². The number of anilines is 1. The summed E-state index contributed by atoms with van der Waals surface area (Å²) in [5, 5.41) is 14.1. The van der Waals surface area contributed by atoms with Crippen LogP contribution in [-0.4, -0.2) is 5.91 Å². The van der Waals surface area contributed by atoms with Crippen molar-refractivity contribution in [1.82, 2.24) is 0 Å². The van der Waals surface area contributed by atoms with Crippen LogP contribution in [0.15, 0.2) is 90.5 Å². The molecule has 3 aromatic carbocycles. The molecule has 0 fully saturated rings. The smallest absolute Gasteiger partial charge is 0.266 e. The van der Waals surface area contributed by atoms with Crippen LogP contribution >= 0.6 is 0 Å². The van der Waals surface area contributed by atoms with Crippen LogP contribution in [-0.2, 0) is 4.79 Å². The van der Waals surface area contributed by atoms with Crippen molar-refractivity contribution in [2.75, 3.05) is 5.32 Å². The highest BCUT2D eigenvalue weighted by Crippen LogP contribution is 2.19. The van der Waals surface area contributed by atoms with Crippen LogP contribution in [0.5, 0.6) is 0 Å². The fraction of sp³-hybridized carbons (Fsp3) is 0. The van der Waals surface area contributed by atoms with Crippen molar-refractivity contribution in [3.05, 3.63) is 96.1 Å². The van der Waals surface area contributed by atoms with Gasteiger partial charge in [0.1, 0.15) is 11.6 Å². The maximum Gasteiger partial charge on any atom is 0.266 e. The molecule has 0 aliphatic rings. The first-order chi connectivity index (χ1) is 12.3. The first-order valence-electron chi connectivity index (χ1n) is 7.90. The molecule has 0 aliphatic carbocycles. The number of rotatable bonds is 4. The molecule has 0 unspecified atom stereocenters. The van der Waals surface area contributed by atoms with Gasteiger partial charge in [-0.25, -0.2) is 0 Å². The van der Waals surface area contributed by atoms with Crippen molar-refractivity contribution in [2.45, 2.75) is 0 Å². The second-order valence-electron chi connectivity index (χ2n) is 5.48. The van der Waals surface area contributed by atoms with Gasteiger partial charge in [-0.2, -0.15) is 5.26 Å². The lowest BCUT2D eigenvalue weighted by Crippen LogP contribution is -2.13. The number of hydrogen-bond donors (Lipinski definition) is 1. The summed E-state index contributed by atoms with van der Waals surface area (Å²) in [5.74, 6) is -0.421. The minimum atomic E-state index is -0.421. The average molecular weight is 324 g/mol. The largest absolute Gasteiger partial charge is 0.321 e. The first kappa shape index (κ1) is 16.2. The molecular weight excluding hydrogens is 308 g/mol. The minimum Gasteiger partial charge on any atom is -0.321 e. The molecule has 3 heteroatoms. The van der Waals surface area contributed by atoms with Crippen molar-refractivity contribution in [2.24, 2.45) is 0 Å². The van der Waals surface area contributed by atoms with Gasteiger partial charge in [0.15, 0.2) is 0 Å². The predicted octanol–water partition coefficient (Wildman–Crippen LogP) is 4.94. The van der Waals surface area contributed by atoms with E-state index in [0.717, 1.165) is 16.3 Å². The molecule has 0 spiro atoms. The Bertz CT molecular complexity index is 995. The third-order valence-electron chi connectivity index (χ3n) is 3.72. The number of hydrogen-bond acceptors (Lipinski definition) is 2. The molecule has 0 bridgehead atoms. The standard InChI is InChI=1S/C22H16N2O/c23-16-20(12-6-9-17-7-2-1-3-8-17)22(25)24-21-14-13-18-10-4-5-11-19(18)15-21/h1-15H,(H,24,25). The lowest BCUT2D eigenvalue weighted by Gasteiger charge is -2.05. The summed E-state index contributed by atoms with van der Waals surface area (Å²) in [6.07, 6.45) is 5.07. The number of fused-ring (bicyclic) bond motifs is 1. The summed E-state index contributed by atoms with van der Waals surface area (Å²) < 4.78 is 0. The maximum absolute atomic E-state index is 12.3. The molecule has 0 heterocycles. The van der Waals surface area contributed by atoms with E-state index < -0.39 is 5.91 Å². The molecule has 3 nitrogen and oxygen atoms in total. The fourth-order valence-electron chi connectivity index (χ4n) is 2.45. The fourth-order valence-corrected chi connectivity index (χ4v) is 2.45. The molecule has 0 aromatic heterocycles. The van der Waals surface area contributed by atoms with Crippen molar-refractivity contribution in [3.8, 4) is 6.07 Å². The van der Waals surface area contributed by atoms with Gasteiger partial charge in [0.25, 0.3) is 5.91 Å². The van der Waals surface area contributed by atoms with E-state index in [-0.39, 0.29) is 5.57 Å². The van der Waals surface area contributed by atoms with Crippen LogP contribution in [0.4, 0.5) is 5.69 Å². The molecule has 0 aliphatic heterocycles. The highest BCUT2D eigenvalue weighted by Gasteiger charge is 2.08. The Kier molecular flexibility index (Phi) is 5.04. The topological polar surface area (TPSA) is 52.9 Å². The van der Waals surface area contributed by atoms with Gasteiger partial charge in [-0.05, 0) is 34.5 Å². The van der Waals surface area contributed by atoms with E-state index in [1.165, 1.54) is 6.08 Å². The lowest BCUT2D eigenvalue weighted by molar-refractivity contribution is -0.112. The van der Waals surface area contributed by atoms with E-state index in [1.54, 1.807) is 6.08 Å². The normalized spacial score (nSPS) is 11.4. The molecular formula is C22H16N2O. The van der Waals surface area contributed by atoms with Crippen LogP contribution in [0.3, 0.4) is 0 Å². The number of nitrogens with zero attached hydrogens (tertiary/aromatic N) is 1. The summed E-state index contributed by atoms with van der Waals surface area (Å²) in [5.41, 5.74) is 1.73. The van der Waals surface area contributed by atoms with Gasteiger partial charge in [-0.15, -0.1) is 0 Å². The van der Waals surface area contributed by atoms with Crippen LogP contribution in [0, 0.1) is 11.3 Å². The number of nitriles is 1. The molecule has 1 amide bonds. The molecule has 3 rings (SSSR count). The van der Waals surface area contributed by atoms with Gasteiger partial charge in [0, 0.05) is 5.69 Å². The summed E-state index contributed by atoms with van der Waals surface area (Å²) >= 11 is 0. The van der Waals surface area contributed by atoms with Crippen molar-refractivity contribution in [3.63, 3.8) is 0 Å². The lowest BCUT2D eigenvalue weighted by atomic mass is 10.1. The maximum atomic E-state index is 12.3. The number of carbonyl (C=O) groups is 1. The number of allylic oxidation sites excluding steroid dienone is 2. The summed E-state index contributed by atoms with van der Waals surface area (Å²) in [4.78, 5) is 12.3. The molecule has 1 N–H and O–H groups in total. The van der Waals surface area contributed by atoms with Crippen LogP contribution in [0.25, 0.3) is 16.8 Å². The molecule has 0 saturated heterocycles. The molecule has 120 valence electrons. The van der Waals surface area contributed by atoms with Crippen molar-refractivity contribution < 1.29 is 4.79 Å². The van der Waals surface area contributed by atoms with Crippen molar-refractivity contribution in [1.29, 1.82) is 5.26 Å². The molecule has 3 aromatic rings.